The predicted molar refractivity (Wildman–Crippen MR) is 118 cm³/mol. The zero-order valence-electron chi connectivity index (χ0n) is 14.8. The maximum Gasteiger partial charge on any atom is 0.196 e. The van der Waals surface area contributed by atoms with E-state index >= 15 is 0 Å². The van der Waals surface area contributed by atoms with E-state index in [4.69, 9.17) is 27.9 Å². The Morgan fingerprint density at radius 1 is 1.11 bits per heavy atom. The summed E-state index contributed by atoms with van der Waals surface area (Å²) in [5.41, 5.74) is 3.70. The molecule has 0 atom stereocenters. The van der Waals surface area contributed by atoms with Crippen molar-refractivity contribution in [3.8, 4) is 5.75 Å². The fourth-order valence-corrected chi connectivity index (χ4v) is 5.97. The summed E-state index contributed by atoms with van der Waals surface area (Å²) in [5.74, 6) is 1.59. The van der Waals surface area contributed by atoms with Crippen LogP contribution in [0.15, 0.2) is 45.4 Å². The first-order valence-electron chi connectivity index (χ1n) is 8.42. The number of benzene rings is 2. The highest BCUT2D eigenvalue weighted by molar-refractivity contribution is 8.01. The van der Waals surface area contributed by atoms with E-state index < -0.39 is 0 Å². The van der Waals surface area contributed by atoms with Crippen molar-refractivity contribution >= 4 is 62.0 Å². The summed E-state index contributed by atoms with van der Waals surface area (Å²) in [5, 5.41) is 2.11. The lowest BCUT2D eigenvalue weighted by atomic mass is 10.1. The smallest absolute Gasteiger partial charge is 0.196 e. The minimum atomic E-state index is 0.0425. The molecule has 0 unspecified atom stereocenters. The second-order valence-corrected chi connectivity index (χ2v) is 9.59. The summed E-state index contributed by atoms with van der Waals surface area (Å²) in [7, 11) is 0. The van der Waals surface area contributed by atoms with Gasteiger partial charge in [-0.2, -0.15) is 0 Å². The van der Waals surface area contributed by atoms with Crippen LogP contribution in [0, 0.1) is 13.8 Å². The number of rotatable bonds is 3. The highest BCUT2D eigenvalue weighted by Crippen LogP contribution is 2.38. The molecule has 3 aromatic rings. The molecule has 0 aliphatic carbocycles. The van der Waals surface area contributed by atoms with Crippen molar-refractivity contribution in [1.82, 2.24) is 0 Å². The standard InChI is InChI=1S/C21H16Cl2O2S2/c1-11-7-15(8-12(2)19(11)23)25-10-13-5-6-26-21-18(13)20(24)16-4-3-14(22)9-17(16)27-21/h3-5,7-9H,6,10H2,1-2H3. The molecule has 0 bridgehead atoms. The van der Waals surface area contributed by atoms with Crippen LogP contribution in [0.1, 0.15) is 16.7 Å². The normalized spacial score (nSPS) is 13.4. The molecule has 0 fully saturated rings. The first-order valence-corrected chi connectivity index (χ1v) is 11.0. The molecule has 2 aromatic carbocycles. The van der Waals surface area contributed by atoms with E-state index in [2.05, 4.69) is 6.08 Å². The van der Waals surface area contributed by atoms with Gasteiger partial charge >= 0.3 is 0 Å². The Labute approximate surface area is 175 Å². The van der Waals surface area contributed by atoms with Crippen molar-refractivity contribution < 1.29 is 4.74 Å². The summed E-state index contributed by atoms with van der Waals surface area (Å²) in [6.07, 6.45) is 2.08. The molecular weight excluding hydrogens is 419 g/mol. The van der Waals surface area contributed by atoms with Gasteiger partial charge in [-0.25, -0.2) is 0 Å². The number of ether oxygens (including phenoxy) is 1. The van der Waals surface area contributed by atoms with Crippen molar-refractivity contribution in [2.75, 3.05) is 12.4 Å². The number of hydrogen-bond acceptors (Lipinski definition) is 4. The Morgan fingerprint density at radius 2 is 1.85 bits per heavy atom. The lowest BCUT2D eigenvalue weighted by Crippen LogP contribution is -2.15. The third kappa shape index (κ3) is 3.64. The molecule has 0 radical (unpaired) electrons. The minimum absolute atomic E-state index is 0.0425. The van der Waals surface area contributed by atoms with Crippen LogP contribution >= 0.6 is 46.3 Å². The van der Waals surface area contributed by atoms with Crippen molar-refractivity contribution in [2.45, 2.75) is 18.1 Å². The Balaban J connectivity index is 1.69. The Hall–Kier alpha value is -1.46. The molecule has 6 heteroatoms. The third-order valence-electron chi connectivity index (χ3n) is 4.49. The van der Waals surface area contributed by atoms with E-state index in [-0.39, 0.29) is 5.43 Å². The van der Waals surface area contributed by atoms with Crippen LogP contribution in [-0.2, 0) is 0 Å². The summed E-state index contributed by atoms with van der Waals surface area (Å²) >= 11 is 15.6. The molecule has 0 spiro atoms. The van der Waals surface area contributed by atoms with Gasteiger partial charge in [0.25, 0.3) is 0 Å². The lowest BCUT2D eigenvalue weighted by Gasteiger charge is -2.18. The predicted octanol–water partition coefficient (Wildman–Crippen LogP) is 6.75. The molecule has 27 heavy (non-hydrogen) atoms. The van der Waals surface area contributed by atoms with Gasteiger partial charge in [0, 0.05) is 25.9 Å². The van der Waals surface area contributed by atoms with Gasteiger partial charge in [-0.05, 0) is 60.9 Å². The van der Waals surface area contributed by atoms with Crippen molar-refractivity contribution in [3.05, 3.63) is 73.4 Å². The molecule has 0 N–H and O–H groups in total. The zero-order valence-corrected chi connectivity index (χ0v) is 17.9. The molecule has 1 aliphatic heterocycles. The van der Waals surface area contributed by atoms with Crippen molar-refractivity contribution in [1.29, 1.82) is 0 Å². The van der Waals surface area contributed by atoms with Crippen LogP contribution in [0.4, 0.5) is 0 Å². The van der Waals surface area contributed by atoms with Gasteiger partial charge in [-0.15, -0.1) is 23.1 Å². The fraction of sp³-hybridized carbons (Fsp3) is 0.190. The zero-order chi connectivity index (χ0) is 19.1. The summed E-state index contributed by atoms with van der Waals surface area (Å²) in [6, 6.07) is 9.28. The van der Waals surface area contributed by atoms with Gasteiger partial charge in [0.05, 0.1) is 9.77 Å². The van der Waals surface area contributed by atoms with E-state index in [1.807, 2.05) is 32.0 Å². The molecule has 2 heterocycles. The van der Waals surface area contributed by atoms with E-state index in [1.54, 1.807) is 35.2 Å². The summed E-state index contributed by atoms with van der Waals surface area (Å²) in [4.78, 5) is 13.1. The first-order chi connectivity index (χ1) is 12.9. The molecule has 1 aliphatic rings. The van der Waals surface area contributed by atoms with E-state index in [0.29, 0.717) is 17.0 Å². The highest BCUT2D eigenvalue weighted by atomic mass is 35.5. The van der Waals surface area contributed by atoms with Gasteiger partial charge < -0.3 is 4.74 Å². The van der Waals surface area contributed by atoms with Gasteiger partial charge in [-0.1, -0.05) is 29.3 Å². The molecule has 2 nitrogen and oxygen atoms in total. The fourth-order valence-electron chi connectivity index (χ4n) is 3.13. The van der Waals surface area contributed by atoms with Crippen LogP contribution < -0.4 is 10.2 Å². The van der Waals surface area contributed by atoms with Crippen LogP contribution in [0.5, 0.6) is 5.75 Å². The van der Waals surface area contributed by atoms with Gasteiger partial charge in [0.15, 0.2) is 5.43 Å². The summed E-state index contributed by atoms with van der Waals surface area (Å²) < 4.78 is 7.96. The SMILES string of the molecule is Cc1cc(OCC2=CCSc3sc4cc(Cl)ccc4c(=O)c32)cc(C)c1Cl. The van der Waals surface area contributed by atoms with E-state index in [1.165, 1.54) is 0 Å². The Morgan fingerprint density at radius 3 is 2.59 bits per heavy atom. The van der Waals surface area contributed by atoms with Crippen LogP contribution in [0.3, 0.4) is 0 Å². The third-order valence-corrected chi connectivity index (χ3v) is 7.67. The van der Waals surface area contributed by atoms with Crippen LogP contribution in [0.25, 0.3) is 15.7 Å². The number of halogens is 2. The molecule has 4 rings (SSSR count). The van der Waals surface area contributed by atoms with Gasteiger partial charge in [-0.3, -0.25) is 4.79 Å². The van der Waals surface area contributed by atoms with Crippen molar-refractivity contribution in [2.24, 2.45) is 0 Å². The number of aryl methyl sites for hydroxylation is 2. The molecule has 0 saturated heterocycles. The Kier molecular flexibility index (Phi) is 5.26. The molecule has 138 valence electrons. The van der Waals surface area contributed by atoms with Crippen LogP contribution in [-0.4, -0.2) is 12.4 Å². The molecule has 1 aromatic heterocycles. The molecule has 0 amide bonds. The number of fused-ring (bicyclic) bond motifs is 2. The minimum Gasteiger partial charge on any atom is -0.489 e. The highest BCUT2D eigenvalue weighted by Gasteiger charge is 2.20. The first kappa shape index (κ1) is 18.9. The van der Waals surface area contributed by atoms with E-state index in [9.17, 15) is 4.79 Å². The monoisotopic (exact) mass is 434 g/mol. The quantitative estimate of drug-likeness (QED) is 0.455. The van der Waals surface area contributed by atoms with E-state index in [0.717, 1.165) is 47.7 Å². The number of thioether (sulfide) groups is 1. The maximum absolute atomic E-state index is 13.1. The lowest BCUT2D eigenvalue weighted by molar-refractivity contribution is 0.369. The largest absolute Gasteiger partial charge is 0.489 e. The van der Waals surface area contributed by atoms with Crippen molar-refractivity contribution in [3.63, 3.8) is 0 Å². The number of hydrogen-bond donors (Lipinski definition) is 0. The van der Waals surface area contributed by atoms with Gasteiger partial charge in [0.1, 0.15) is 12.4 Å². The molecule has 0 saturated carbocycles. The summed E-state index contributed by atoms with van der Waals surface area (Å²) in [6.45, 7) is 4.28. The second kappa shape index (κ2) is 7.51. The van der Waals surface area contributed by atoms with Crippen LogP contribution in [0.2, 0.25) is 10.0 Å². The van der Waals surface area contributed by atoms with Gasteiger partial charge in [0.2, 0.25) is 0 Å². The second-order valence-electron chi connectivity index (χ2n) is 6.43. The molecular formula is C21H16Cl2O2S2. The average molecular weight is 435 g/mol. The average Bonchev–Trinajstić information content (AvgIpc) is 2.64. The maximum atomic E-state index is 13.1. The Bertz CT molecular complexity index is 1130. The topological polar surface area (TPSA) is 26.3 Å².